The lowest BCUT2D eigenvalue weighted by Crippen LogP contribution is -2.01. The minimum absolute atomic E-state index is 0.0124. The maximum absolute atomic E-state index is 10.8. The summed E-state index contributed by atoms with van der Waals surface area (Å²) >= 11 is 1.21. The van der Waals surface area contributed by atoms with Crippen molar-refractivity contribution in [3.63, 3.8) is 0 Å². The van der Waals surface area contributed by atoms with Crippen molar-refractivity contribution >= 4 is 16.9 Å². The Morgan fingerprint density at radius 3 is 2.79 bits per heavy atom. The molecule has 0 atom stereocenters. The van der Waals surface area contributed by atoms with Crippen molar-refractivity contribution in [1.29, 1.82) is 0 Å². The number of thioether (sulfide) groups is 1. The van der Waals surface area contributed by atoms with Crippen LogP contribution < -0.4 is 4.74 Å². The lowest BCUT2D eigenvalue weighted by molar-refractivity contribution is -0.107. The molecule has 0 aliphatic carbocycles. The molecule has 0 heterocycles. The molecule has 0 bridgehead atoms. The first kappa shape index (κ1) is 10.9. The zero-order valence-corrected chi connectivity index (χ0v) is 8.63. The number of rotatable bonds is 5. The van der Waals surface area contributed by atoms with Crippen LogP contribution in [-0.4, -0.2) is 17.5 Å². The maximum atomic E-state index is 10.8. The van der Waals surface area contributed by atoms with E-state index in [9.17, 15) is 4.79 Å². The highest BCUT2D eigenvalue weighted by atomic mass is 32.2. The molecular formula is C11H12O2S. The van der Waals surface area contributed by atoms with Gasteiger partial charge in [0.1, 0.15) is 5.75 Å². The number of carbonyl (C=O) groups is 1. The Balaban J connectivity index is 2.16. The fourth-order valence-electron chi connectivity index (χ4n) is 0.877. The monoisotopic (exact) mass is 208 g/mol. The van der Waals surface area contributed by atoms with Crippen LogP contribution in [0.15, 0.2) is 43.0 Å². The molecule has 0 saturated carbocycles. The van der Waals surface area contributed by atoms with Gasteiger partial charge in [0.05, 0.1) is 6.61 Å². The van der Waals surface area contributed by atoms with E-state index < -0.39 is 0 Å². The molecule has 0 aliphatic heterocycles. The number of para-hydroxylation sites is 1. The van der Waals surface area contributed by atoms with E-state index in [1.807, 2.05) is 30.3 Å². The van der Waals surface area contributed by atoms with Gasteiger partial charge in [0.2, 0.25) is 5.12 Å². The zero-order valence-electron chi connectivity index (χ0n) is 7.81. The quantitative estimate of drug-likeness (QED) is 0.549. The number of hydrogen-bond acceptors (Lipinski definition) is 3. The fourth-order valence-corrected chi connectivity index (χ4v) is 1.36. The normalized spacial score (nSPS) is 9.43. The minimum atomic E-state index is -0.0124. The molecule has 0 aliphatic rings. The van der Waals surface area contributed by atoms with E-state index in [1.165, 1.54) is 17.8 Å². The van der Waals surface area contributed by atoms with Crippen molar-refractivity contribution in [1.82, 2.24) is 0 Å². The summed E-state index contributed by atoms with van der Waals surface area (Å²) in [7, 11) is 0. The fraction of sp³-hybridized carbons (Fsp3) is 0.182. The Hall–Kier alpha value is -1.22. The van der Waals surface area contributed by atoms with Crippen LogP contribution in [0.3, 0.4) is 0 Å². The lowest BCUT2D eigenvalue weighted by Gasteiger charge is -2.03. The molecule has 14 heavy (non-hydrogen) atoms. The summed E-state index contributed by atoms with van der Waals surface area (Å²) < 4.78 is 5.39. The maximum Gasteiger partial charge on any atom is 0.211 e. The second-order valence-corrected chi connectivity index (χ2v) is 3.63. The third-order valence-electron chi connectivity index (χ3n) is 1.51. The van der Waals surface area contributed by atoms with E-state index in [-0.39, 0.29) is 5.12 Å². The summed E-state index contributed by atoms with van der Waals surface area (Å²) in [5.41, 5.74) is 0. The molecule has 2 nitrogen and oxygen atoms in total. The standard InChI is InChI=1S/C11H12O2S/c1-2-11(12)14-9-8-13-10-6-4-3-5-7-10/h2-7H,1,8-9H2. The van der Waals surface area contributed by atoms with Crippen LogP contribution in [0.2, 0.25) is 0 Å². The van der Waals surface area contributed by atoms with E-state index in [2.05, 4.69) is 6.58 Å². The van der Waals surface area contributed by atoms with Gasteiger partial charge >= 0.3 is 0 Å². The molecule has 0 spiro atoms. The van der Waals surface area contributed by atoms with Gasteiger partial charge in [0, 0.05) is 5.75 Å². The Kier molecular flexibility index (Phi) is 4.86. The summed E-state index contributed by atoms with van der Waals surface area (Å²) in [5, 5.41) is -0.0124. The van der Waals surface area contributed by atoms with Crippen molar-refractivity contribution in [2.45, 2.75) is 0 Å². The molecule has 0 radical (unpaired) electrons. The highest BCUT2D eigenvalue weighted by Gasteiger charge is 1.96. The molecule has 1 aromatic carbocycles. The minimum Gasteiger partial charge on any atom is -0.493 e. The summed E-state index contributed by atoms with van der Waals surface area (Å²) in [4.78, 5) is 10.8. The summed E-state index contributed by atoms with van der Waals surface area (Å²) in [6, 6.07) is 9.54. The van der Waals surface area contributed by atoms with E-state index in [4.69, 9.17) is 4.74 Å². The average Bonchev–Trinajstić information content (AvgIpc) is 2.25. The predicted molar refractivity (Wildman–Crippen MR) is 59.6 cm³/mol. The first-order chi connectivity index (χ1) is 6.83. The highest BCUT2D eigenvalue weighted by Crippen LogP contribution is 2.09. The number of hydrogen-bond donors (Lipinski definition) is 0. The van der Waals surface area contributed by atoms with Gasteiger partial charge in [-0.05, 0) is 18.2 Å². The zero-order chi connectivity index (χ0) is 10.2. The van der Waals surface area contributed by atoms with Gasteiger partial charge in [-0.3, -0.25) is 4.79 Å². The second-order valence-electron chi connectivity index (χ2n) is 2.53. The molecule has 0 unspecified atom stereocenters. The van der Waals surface area contributed by atoms with Gasteiger partial charge in [-0.15, -0.1) is 0 Å². The van der Waals surface area contributed by atoms with Crippen molar-refractivity contribution in [3.8, 4) is 5.75 Å². The Bertz CT molecular complexity index is 295. The summed E-state index contributed by atoms with van der Waals surface area (Å²) in [6.45, 7) is 3.92. The van der Waals surface area contributed by atoms with Gasteiger partial charge in [0.25, 0.3) is 0 Å². The van der Waals surface area contributed by atoms with Crippen molar-refractivity contribution < 1.29 is 9.53 Å². The third-order valence-corrected chi connectivity index (χ3v) is 2.33. The van der Waals surface area contributed by atoms with Crippen molar-refractivity contribution in [2.75, 3.05) is 12.4 Å². The van der Waals surface area contributed by atoms with Crippen LogP contribution in [0.5, 0.6) is 5.75 Å². The average molecular weight is 208 g/mol. The smallest absolute Gasteiger partial charge is 0.211 e. The van der Waals surface area contributed by atoms with Crippen LogP contribution >= 0.6 is 11.8 Å². The third kappa shape index (κ3) is 4.14. The van der Waals surface area contributed by atoms with E-state index in [0.717, 1.165) is 5.75 Å². The lowest BCUT2D eigenvalue weighted by atomic mass is 10.3. The molecule has 0 saturated heterocycles. The van der Waals surface area contributed by atoms with Crippen LogP contribution in [0.25, 0.3) is 0 Å². The predicted octanol–water partition coefficient (Wildman–Crippen LogP) is 2.51. The summed E-state index contributed by atoms with van der Waals surface area (Å²) in [5.74, 6) is 1.49. The molecule has 0 fully saturated rings. The van der Waals surface area contributed by atoms with Gasteiger partial charge in [-0.1, -0.05) is 36.5 Å². The SMILES string of the molecule is C=CC(=O)SCCOc1ccccc1. The first-order valence-electron chi connectivity index (χ1n) is 4.30. The van der Waals surface area contributed by atoms with E-state index >= 15 is 0 Å². The number of ether oxygens (including phenoxy) is 1. The molecule has 0 N–H and O–H groups in total. The Labute approximate surface area is 88.0 Å². The first-order valence-corrected chi connectivity index (χ1v) is 5.28. The van der Waals surface area contributed by atoms with Crippen molar-refractivity contribution in [3.05, 3.63) is 43.0 Å². The highest BCUT2D eigenvalue weighted by molar-refractivity contribution is 8.14. The molecule has 1 rings (SSSR count). The largest absolute Gasteiger partial charge is 0.493 e. The van der Waals surface area contributed by atoms with Crippen LogP contribution in [0.4, 0.5) is 0 Å². The molecule has 0 aromatic heterocycles. The van der Waals surface area contributed by atoms with Crippen LogP contribution in [0.1, 0.15) is 0 Å². The number of benzene rings is 1. The Morgan fingerprint density at radius 2 is 2.14 bits per heavy atom. The van der Waals surface area contributed by atoms with Gasteiger partial charge < -0.3 is 4.74 Å². The van der Waals surface area contributed by atoms with Gasteiger partial charge in [-0.2, -0.15) is 0 Å². The van der Waals surface area contributed by atoms with E-state index in [1.54, 1.807) is 0 Å². The topological polar surface area (TPSA) is 26.3 Å². The van der Waals surface area contributed by atoms with E-state index in [0.29, 0.717) is 12.4 Å². The second kappa shape index (κ2) is 6.27. The van der Waals surface area contributed by atoms with Gasteiger partial charge in [0.15, 0.2) is 0 Å². The summed E-state index contributed by atoms with van der Waals surface area (Å²) in [6.07, 6.45) is 1.31. The van der Waals surface area contributed by atoms with Crippen molar-refractivity contribution in [2.24, 2.45) is 0 Å². The molecule has 0 amide bonds. The Morgan fingerprint density at radius 1 is 1.43 bits per heavy atom. The van der Waals surface area contributed by atoms with Gasteiger partial charge in [-0.25, -0.2) is 0 Å². The molecule has 74 valence electrons. The molecular weight excluding hydrogens is 196 g/mol. The number of carbonyl (C=O) groups excluding carboxylic acids is 1. The molecule has 3 heteroatoms. The molecule has 1 aromatic rings. The van der Waals surface area contributed by atoms with Crippen LogP contribution in [0, 0.1) is 0 Å². The van der Waals surface area contributed by atoms with Crippen LogP contribution in [-0.2, 0) is 4.79 Å².